The van der Waals surface area contributed by atoms with Crippen LogP contribution in [0.1, 0.15) is 15.9 Å². The zero-order valence-electron chi connectivity index (χ0n) is 14.4. The van der Waals surface area contributed by atoms with Crippen LogP contribution in [0.15, 0.2) is 74.4 Å². The van der Waals surface area contributed by atoms with Gasteiger partial charge in [0, 0.05) is 15.8 Å². The Morgan fingerprint density at radius 1 is 1.14 bits per heavy atom. The fourth-order valence-corrected chi connectivity index (χ4v) is 5.44. The third-order valence-corrected chi connectivity index (χ3v) is 7.18. The van der Waals surface area contributed by atoms with Crippen LogP contribution in [0.2, 0.25) is 5.02 Å². The number of para-hydroxylation sites is 1. The van der Waals surface area contributed by atoms with E-state index in [1.807, 2.05) is 36.4 Å². The van der Waals surface area contributed by atoms with Crippen molar-refractivity contribution >= 4 is 66.6 Å². The van der Waals surface area contributed by atoms with Crippen molar-refractivity contribution in [1.29, 1.82) is 0 Å². The molecule has 0 spiro atoms. The smallest absolute Gasteiger partial charge is 0.170 e. The highest BCUT2D eigenvalue weighted by Gasteiger charge is 2.14. The second-order valence-electron chi connectivity index (χ2n) is 6.08. The summed E-state index contributed by atoms with van der Waals surface area (Å²) < 4.78 is 2.80. The van der Waals surface area contributed by atoms with Gasteiger partial charge in [-0.2, -0.15) is 0 Å². The van der Waals surface area contributed by atoms with Crippen molar-refractivity contribution in [2.45, 2.75) is 15.7 Å². The number of fused-ring (bicyclic) bond motifs is 1. The van der Waals surface area contributed by atoms with Crippen LogP contribution in [0.4, 0.5) is 0 Å². The van der Waals surface area contributed by atoms with Crippen LogP contribution < -0.4 is 0 Å². The number of nitrogens with zero attached hydrogens (tertiary/aromatic N) is 1. The van der Waals surface area contributed by atoms with Crippen molar-refractivity contribution in [2.75, 3.05) is 0 Å². The van der Waals surface area contributed by atoms with Crippen LogP contribution in [-0.2, 0) is 6.42 Å². The minimum atomic E-state index is -0.165. The van der Waals surface area contributed by atoms with Crippen LogP contribution in [0.5, 0.6) is 5.75 Å². The Balaban J connectivity index is 1.52. The molecule has 1 aromatic heterocycles. The lowest BCUT2D eigenvalue weighted by Gasteiger charge is -2.07. The van der Waals surface area contributed by atoms with E-state index >= 15 is 0 Å². The van der Waals surface area contributed by atoms with E-state index in [1.54, 1.807) is 29.5 Å². The Hall–Kier alpha value is -1.86. The van der Waals surface area contributed by atoms with Crippen LogP contribution in [-0.4, -0.2) is 15.9 Å². The molecule has 0 aliphatic carbocycles. The zero-order valence-corrected chi connectivity index (χ0v) is 18.3. The number of rotatable bonds is 5. The topological polar surface area (TPSA) is 50.2 Å². The molecule has 0 fully saturated rings. The predicted molar refractivity (Wildman–Crippen MR) is 119 cm³/mol. The van der Waals surface area contributed by atoms with Crippen molar-refractivity contribution < 1.29 is 9.90 Å². The van der Waals surface area contributed by atoms with Crippen LogP contribution in [0.25, 0.3) is 10.2 Å². The number of aromatic hydroxyl groups is 1. The molecule has 0 aliphatic rings. The highest BCUT2D eigenvalue weighted by molar-refractivity contribution is 9.10. The predicted octanol–water partition coefficient (Wildman–Crippen LogP) is 6.99. The number of phenols is 1. The monoisotopic (exact) mass is 489 g/mol. The molecule has 4 aromatic rings. The maximum atomic E-state index is 12.5. The summed E-state index contributed by atoms with van der Waals surface area (Å²) in [7, 11) is 0. The first-order valence-electron chi connectivity index (χ1n) is 8.33. The van der Waals surface area contributed by atoms with Gasteiger partial charge < -0.3 is 5.11 Å². The van der Waals surface area contributed by atoms with Gasteiger partial charge in [0.25, 0.3) is 0 Å². The Labute approximate surface area is 183 Å². The number of carbonyl (C=O) groups excluding carboxylic acids is 1. The molecular formula is C21H13BrClNO2S2. The van der Waals surface area contributed by atoms with Crippen LogP contribution in [0, 0.1) is 0 Å². The third kappa shape index (κ3) is 4.25. The zero-order chi connectivity index (χ0) is 19.7. The average molecular weight is 491 g/mol. The molecule has 4 rings (SSSR count). The highest BCUT2D eigenvalue weighted by atomic mass is 79.9. The molecule has 0 aliphatic heterocycles. The fourth-order valence-electron chi connectivity index (χ4n) is 2.74. The summed E-state index contributed by atoms with van der Waals surface area (Å²) in [5.74, 6) is -0.191. The molecule has 1 heterocycles. The maximum Gasteiger partial charge on any atom is 0.170 e. The minimum Gasteiger partial charge on any atom is -0.507 e. The van der Waals surface area contributed by atoms with E-state index in [9.17, 15) is 9.90 Å². The van der Waals surface area contributed by atoms with E-state index in [2.05, 4.69) is 20.9 Å². The molecule has 0 saturated carbocycles. The number of hydrogen-bond donors (Lipinski definition) is 1. The number of aromatic nitrogens is 1. The van der Waals surface area contributed by atoms with Crippen molar-refractivity contribution in [2.24, 2.45) is 0 Å². The number of ketones is 1. The lowest BCUT2D eigenvalue weighted by Crippen LogP contribution is -2.04. The standard InChI is InChI=1S/C21H13BrClNO2S2/c22-13-6-7-17(25)14(11-13)18(26)10-12-5-8-19(15(23)9-12)27-21-24-16-3-1-2-4-20(16)28-21/h1-9,11,25H,10H2. The van der Waals surface area contributed by atoms with Gasteiger partial charge in [0.15, 0.2) is 10.1 Å². The Morgan fingerprint density at radius 2 is 1.96 bits per heavy atom. The summed E-state index contributed by atoms with van der Waals surface area (Å²) in [4.78, 5) is 18.0. The summed E-state index contributed by atoms with van der Waals surface area (Å²) in [5, 5.41) is 10.5. The summed E-state index contributed by atoms with van der Waals surface area (Å²) in [5.41, 5.74) is 2.06. The number of hydrogen-bond acceptors (Lipinski definition) is 5. The molecule has 0 radical (unpaired) electrons. The fraction of sp³-hybridized carbons (Fsp3) is 0.0476. The van der Waals surface area contributed by atoms with E-state index in [1.165, 1.54) is 17.8 Å². The molecular weight excluding hydrogens is 478 g/mol. The van der Waals surface area contributed by atoms with Crippen molar-refractivity contribution in [3.8, 4) is 5.75 Å². The molecule has 140 valence electrons. The third-order valence-electron chi connectivity index (χ3n) is 4.09. The molecule has 28 heavy (non-hydrogen) atoms. The maximum absolute atomic E-state index is 12.5. The molecule has 7 heteroatoms. The van der Waals surface area contributed by atoms with Crippen molar-refractivity contribution in [1.82, 2.24) is 4.98 Å². The van der Waals surface area contributed by atoms with Gasteiger partial charge in [-0.3, -0.25) is 4.79 Å². The molecule has 0 amide bonds. The lowest BCUT2D eigenvalue weighted by atomic mass is 10.0. The Morgan fingerprint density at radius 3 is 2.75 bits per heavy atom. The van der Waals surface area contributed by atoms with Gasteiger partial charge in [0.1, 0.15) is 5.75 Å². The average Bonchev–Trinajstić information content (AvgIpc) is 3.08. The van der Waals surface area contributed by atoms with E-state index in [4.69, 9.17) is 11.6 Å². The second kappa shape index (κ2) is 8.25. The largest absolute Gasteiger partial charge is 0.507 e. The van der Waals surface area contributed by atoms with Crippen molar-refractivity contribution in [3.63, 3.8) is 0 Å². The van der Waals surface area contributed by atoms with Gasteiger partial charge in [-0.1, -0.05) is 57.5 Å². The summed E-state index contributed by atoms with van der Waals surface area (Å²) in [6.45, 7) is 0. The first-order valence-corrected chi connectivity index (χ1v) is 11.1. The first-order chi connectivity index (χ1) is 13.5. The van der Waals surface area contributed by atoms with E-state index in [0.717, 1.165) is 29.5 Å². The highest BCUT2D eigenvalue weighted by Crippen LogP contribution is 2.38. The second-order valence-corrected chi connectivity index (χ2v) is 9.72. The molecule has 3 aromatic carbocycles. The molecule has 0 saturated heterocycles. The number of benzene rings is 3. The number of Topliss-reactive ketones (excluding diaryl/α,β-unsaturated/α-hetero) is 1. The van der Waals surface area contributed by atoms with Gasteiger partial charge in [0.05, 0.1) is 20.8 Å². The van der Waals surface area contributed by atoms with Crippen molar-refractivity contribution in [3.05, 3.63) is 81.3 Å². The van der Waals surface area contributed by atoms with E-state index in [0.29, 0.717) is 10.6 Å². The van der Waals surface area contributed by atoms with Gasteiger partial charge in [0.2, 0.25) is 0 Å². The van der Waals surface area contributed by atoms with Crippen LogP contribution in [0.3, 0.4) is 0 Å². The van der Waals surface area contributed by atoms with Gasteiger partial charge in [-0.25, -0.2) is 4.98 Å². The molecule has 3 nitrogen and oxygen atoms in total. The lowest BCUT2D eigenvalue weighted by molar-refractivity contribution is 0.0990. The summed E-state index contributed by atoms with van der Waals surface area (Å²) in [6.07, 6.45) is 0.163. The first kappa shape index (κ1) is 19.5. The minimum absolute atomic E-state index is 0.0256. The number of phenolic OH excluding ortho intramolecular Hbond substituents is 1. The van der Waals surface area contributed by atoms with E-state index in [-0.39, 0.29) is 18.0 Å². The molecule has 0 atom stereocenters. The number of halogens is 2. The molecule has 0 bridgehead atoms. The molecule has 0 unspecified atom stereocenters. The van der Waals surface area contributed by atoms with Crippen LogP contribution >= 0.6 is 50.6 Å². The number of thiazole rings is 1. The quantitative estimate of drug-likeness (QED) is 0.306. The normalized spacial score (nSPS) is 11.1. The summed E-state index contributed by atoms with van der Waals surface area (Å²) in [6, 6.07) is 18.4. The Kier molecular flexibility index (Phi) is 5.73. The van der Waals surface area contributed by atoms with Gasteiger partial charge >= 0.3 is 0 Å². The SMILES string of the molecule is O=C(Cc1ccc(Sc2nc3ccccc3s2)c(Cl)c1)c1cc(Br)ccc1O. The summed E-state index contributed by atoms with van der Waals surface area (Å²) >= 11 is 12.9. The van der Waals surface area contributed by atoms with Gasteiger partial charge in [-0.15, -0.1) is 11.3 Å². The number of carbonyl (C=O) groups is 1. The van der Waals surface area contributed by atoms with E-state index < -0.39 is 0 Å². The Bertz CT molecular complexity index is 1160. The molecule has 1 N–H and O–H groups in total. The van der Waals surface area contributed by atoms with Gasteiger partial charge in [-0.05, 0) is 48.0 Å².